The summed E-state index contributed by atoms with van der Waals surface area (Å²) in [4.78, 5) is 24.9. The van der Waals surface area contributed by atoms with Crippen LogP contribution in [0.15, 0.2) is 22.4 Å². The normalized spacial score (nSPS) is 26.6. The third-order valence-corrected chi connectivity index (χ3v) is 2.95. The van der Waals surface area contributed by atoms with Crippen LogP contribution < -0.4 is 11.2 Å². The minimum atomic E-state index is -0.979. The fraction of sp³-hybridized carbons (Fsp3) is 0.455. The number of hydrogen-bond donors (Lipinski definition) is 3. The zero-order valence-electron chi connectivity index (χ0n) is 9.88. The molecule has 1 aliphatic heterocycles. The zero-order valence-corrected chi connectivity index (χ0v) is 9.88. The van der Waals surface area contributed by atoms with E-state index in [-0.39, 0.29) is 12.0 Å². The number of aliphatic hydroxyl groups is 2. The van der Waals surface area contributed by atoms with E-state index in [0.717, 1.165) is 10.8 Å². The van der Waals surface area contributed by atoms with Gasteiger partial charge >= 0.3 is 5.69 Å². The van der Waals surface area contributed by atoms with Gasteiger partial charge in [0.1, 0.15) is 18.2 Å². The Bertz CT molecular complexity index is 608. The van der Waals surface area contributed by atoms with E-state index in [2.05, 4.69) is 6.58 Å². The highest BCUT2D eigenvalue weighted by atomic mass is 19.1. The van der Waals surface area contributed by atoms with E-state index in [1.165, 1.54) is 0 Å². The molecule has 0 bridgehead atoms. The summed E-state index contributed by atoms with van der Waals surface area (Å²) in [7, 11) is 0. The number of nitrogens with one attached hydrogen (secondary N) is 1. The lowest BCUT2D eigenvalue weighted by atomic mass is 10.2. The number of hydrogen-bond acceptors (Lipinski definition) is 5. The minimum absolute atomic E-state index is 0.0510. The summed E-state index contributed by atoms with van der Waals surface area (Å²) in [5.74, 6) is -0.979. The van der Waals surface area contributed by atoms with Crippen LogP contribution in [0.25, 0.3) is 5.83 Å². The molecule has 0 radical (unpaired) electrons. The maximum absolute atomic E-state index is 13.1. The Morgan fingerprint density at radius 2 is 2.32 bits per heavy atom. The van der Waals surface area contributed by atoms with E-state index in [0.29, 0.717) is 0 Å². The van der Waals surface area contributed by atoms with Crippen molar-refractivity contribution < 1.29 is 19.3 Å². The first-order valence-electron chi connectivity index (χ1n) is 5.58. The van der Waals surface area contributed by atoms with Gasteiger partial charge in [0.25, 0.3) is 5.56 Å². The molecule has 1 aromatic rings. The molecule has 104 valence electrons. The number of halogens is 1. The van der Waals surface area contributed by atoms with Crippen molar-refractivity contribution in [1.82, 2.24) is 9.55 Å². The van der Waals surface area contributed by atoms with E-state index in [1.54, 1.807) is 0 Å². The number of aromatic amines is 1. The van der Waals surface area contributed by atoms with Gasteiger partial charge in [0.2, 0.25) is 0 Å². The van der Waals surface area contributed by atoms with E-state index in [9.17, 15) is 19.1 Å². The van der Waals surface area contributed by atoms with Gasteiger partial charge in [-0.25, -0.2) is 9.18 Å². The molecule has 3 N–H and O–H groups in total. The molecule has 1 fully saturated rings. The van der Waals surface area contributed by atoms with Crippen LogP contribution in [-0.2, 0) is 4.74 Å². The van der Waals surface area contributed by atoms with Crippen LogP contribution in [0.3, 0.4) is 0 Å². The lowest BCUT2D eigenvalue weighted by Crippen LogP contribution is -2.34. The standard InChI is InChI=1S/C11H13FN2O5/c1-5(12)6-3-14(11(18)13-10(6)17)9-2-7(16)8(4-15)19-9/h3,7-9,15-16H,1-2,4H2,(H,13,17,18)/t7-,8+,9+/m0/s1. The molecule has 1 aromatic heterocycles. The molecule has 1 saturated heterocycles. The Labute approximate surface area is 106 Å². The number of ether oxygens (including phenoxy) is 1. The second kappa shape index (κ2) is 5.08. The second-order valence-corrected chi connectivity index (χ2v) is 4.23. The average Bonchev–Trinajstić information content (AvgIpc) is 2.69. The molecule has 7 nitrogen and oxygen atoms in total. The summed E-state index contributed by atoms with van der Waals surface area (Å²) in [6.45, 7) is 2.59. The summed E-state index contributed by atoms with van der Waals surface area (Å²) < 4.78 is 19.3. The fourth-order valence-electron chi connectivity index (χ4n) is 1.94. The Balaban J connectivity index is 2.41. The minimum Gasteiger partial charge on any atom is -0.394 e. The van der Waals surface area contributed by atoms with Crippen molar-refractivity contribution in [2.75, 3.05) is 6.61 Å². The maximum atomic E-state index is 13.1. The summed E-state index contributed by atoms with van der Waals surface area (Å²) in [5.41, 5.74) is -2.05. The largest absolute Gasteiger partial charge is 0.394 e. The first-order chi connectivity index (χ1) is 8.93. The Morgan fingerprint density at radius 1 is 1.63 bits per heavy atom. The van der Waals surface area contributed by atoms with Crippen molar-refractivity contribution in [3.05, 3.63) is 39.2 Å². The first-order valence-corrected chi connectivity index (χ1v) is 5.58. The fourth-order valence-corrected chi connectivity index (χ4v) is 1.94. The molecule has 1 aliphatic rings. The second-order valence-electron chi connectivity index (χ2n) is 4.23. The van der Waals surface area contributed by atoms with Gasteiger partial charge in [0.15, 0.2) is 0 Å². The van der Waals surface area contributed by atoms with E-state index in [4.69, 9.17) is 9.84 Å². The molecule has 0 saturated carbocycles. The van der Waals surface area contributed by atoms with Crippen molar-refractivity contribution in [3.63, 3.8) is 0 Å². The van der Waals surface area contributed by atoms with Gasteiger partial charge in [-0.15, -0.1) is 0 Å². The predicted molar refractivity (Wildman–Crippen MR) is 63.1 cm³/mol. The summed E-state index contributed by atoms with van der Waals surface area (Å²) in [5, 5.41) is 18.5. The van der Waals surface area contributed by atoms with Crippen LogP contribution in [0.4, 0.5) is 4.39 Å². The Hall–Kier alpha value is -1.77. The van der Waals surface area contributed by atoms with Crippen molar-refractivity contribution in [3.8, 4) is 0 Å². The molecule has 0 aromatic carbocycles. The highest BCUT2D eigenvalue weighted by Crippen LogP contribution is 2.27. The van der Waals surface area contributed by atoms with Crippen LogP contribution >= 0.6 is 0 Å². The van der Waals surface area contributed by atoms with Gasteiger partial charge in [-0.2, -0.15) is 0 Å². The highest BCUT2D eigenvalue weighted by molar-refractivity contribution is 5.54. The van der Waals surface area contributed by atoms with Crippen LogP contribution in [0.2, 0.25) is 0 Å². The molecule has 0 spiro atoms. The van der Waals surface area contributed by atoms with E-state index in [1.807, 2.05) is 4.98 Å². The van der Waals surface area contributed by atoms with Crippen molar-refractivity contribution in [2.24, 2.45) is 0 Å². The Kier molecular flexibility index (Phi) is 3.65. The third-order valence-electron chi connectivity index (χ3n) is 2.95. The van der Waals surface area contributed by atoms with Gasteiger partial charge in [-0.3, -0.25) is 14.3 Å². The Morgan fingerprint density at radius 3 is 2.84 bits per heavy atom. The molecule has 3 atom stereocenters. The maximum Gasteiger partial charge on any atom is 0.330 e. The predicted octanol–water partition coefficient (Wildman–Crippen LogP) is -0.883. The zero-order chi connectivity index (χ0) is 14.2. The average molecular weight is 272 g/mol. The molecule has 8 heteroatoms. The van der Waals surface area contributed by atoms with Gasteiger partial charge < -0.3 is 14.9 Å². The molecule has 2 heterocycles. The smallest absolute Gasteiger partial charge is 0.330 e. The van der Waals surface area contributed by atoms with Crippen molar-refractivity contribution in [1.29, 1.82) is 0 Å². The van der Waals surface area contributed by atoms with E-state index < -0.39 is 42.1 Å². The molecule has 0 aliphatic carbocycles. The van der Waals surface area contributed by atoms with Crippen LogP contribution in [0.5, 0.6) is 0 Å². The highest BCUT2D eigenvalue weighted by Gasteiger charge is 2.35. The summed E-state index contributed by atoms with van der Waals surface area (Å²) in [6, 6.07) is 0. The van der Waals surface area contributed by atoms with Gasteiger partial charge in [-0.05, 0) is 0 Å². The topological polar surface area (TPSA) is 105 Å². The first kappa shape index (κ1) is 13.7. The lowest BCUT2D eigenvalue weighted by molar-refractivity contribution is -0.0459. The quantitative estimate of drug-likeness (QED) is 0.662. The molecule has 19 heavy (non-hydrogen) atoms. The number of aliphatic hydroxyl groups excluding tert-OH is 2. The monoisotopic (exact) mass is 272 g/mol. The summed E-state index contributed by atoms with van der Waals surface area (Å²) in [6.07, 6.45) is -1.60. The molecule has 0 unspecified atom stereocenters. The van der Waals surface area contributed by atoms with Crippen molar-refractivity contribution in [2.45, 2.75) is 24.9 Å². The molecule has 0 amide bonds. The van der Waals surface area contributed by atoms with Crippen molar-refractivity contribution >= 4 is 5.83 Å². The van der Waals surface area contributed by atoms with Gasteiger partial charge in [0, 0.05) is 12.6 Å². The molecular formula is C11H13FN2O5. The van der Waals surface area contributed by atoms with Crippen LogP contribution in [-0.4, -0.2) is 38.6 Å². The summed E-state index contributed by atoms with van der Waals surface area (Å²) >= 11 is 0. The number of rotatable bonds is 3. The molecule has 2 rings (SSSR count). The molecular weight excluding hydrogens is 259 g/mol. The number of aromatic nitrogens is 2. The number of H-pyrrole nitrogens is 1. The van der Waals surface area contributed by atoms with Gasteiger partial charge in [-0.1, -0.05) is 6.58 Å². The van der Waals surface area contributed by atoms with E-state index >= 15 is 0 Å². The lowest BCUT2D eigenvalue weighted by Gasteiger charge is -2.14. The third kappa shape index (κ3) is 2.50. The van der Waals surface area contributed by atoms with Crippen LogP contribution in [0.1, 0.15) is 18.2 Å². The SMILES string of the molecule is C=C(F)c1cn([C@H]2C[C@H](O)[C@@H](CO)O2)c(=O)[nH]c1=O. The van der Waals surface area contributed by atoms with Crippen LogP contribution in [0, 0.1) is 0 Å². The van der Waals surface area contributed by atoms with Gasteiger partial charge in [0.05, 0.1) is 18.3 Å². The number of nitrogens with zero attached hydrogens (tertiary/aromatic N) is 1.